The van der Waals surface area contributed by atoms with Gasteiger partial charge in [0.1, 0.15) is 50.5 Å². The van der Waals surface area contributed by atoms with E-state index < -0.39 is 33.1 Å². The van der Waals surface area contributed by atoms with Gasteiger partial charge in [0.2, 0.25) is 11.8 Å². The summed E-state index contributed by atoms with van der Waals surface area (Å²) in [4.78, 5) is 31.8. The van der Waals surface area contributed by atoms with Crippen molar-refractivity contribution in [2.24, 2.45) is 4.99 Å². The van der Waals surface area contributed by atoms with Crippen LogP contribution >= 0.6 is 0 Å². The van der Waals surface area contributed by atoms with Crippen molar-refractivity contribution in [1.82, 2.24) is 19.4 Å². The maximum Gasteiger partial charge on any atom is 0.256 e. The van der Waals surface area contributed by atoms with Gasteiger partial charge in [0.15, 0.2) is 5.70 Å². The first kappa shape index (κ1) is 36.6. The lowest BCUT2D eigenvalue weighted by Gasteiger charge is -2.37. The number of hydrogen-bond donors (Lipinski definition) is 2. The molecule has 1 amide bonds. The molecule has 1 atom stereocenters. The molecule has 278 valence electrons. The van der Waals surface area contributed by atoms with Crippen LogP contribution in [0.1, 0.15) is 21.6 Å². The number of carbonyl (C=O) groups is 1. The molecule has 1 unspecified atom stereocenters. The number of carbonyl (C=O) groups excluding carboxylic acids is 1. The van der Waals surface area contributed by atoms with Crippen LogP contribution in [0.2, 0.25) is 0 Å². The van der Waals surface area contributed by atoms with Gasteiger partial charge < -0.3 is 20.3 Å². The average molecular weight is 754 g/mol. The third-order valence-electron chi connectivity index (χ3n) is 9.62. The molecule has 1 aromatic heterocycles. The van der Waals surface area contributed by atoms with Crippen LogP contribution in [-0.4, -0.2) is 86.9 Å². The van der Waals surface area contributed by atoms with Gasteiger partial charge in [-0.25, -0.2) is 27.2 Å². The van der Waals surface area contributed by atoms with Crippen molar-refractivity contribution in [1.29, 1.82) is 0 Å². The molecule has 15 heteroatoms. The van der Waals surface area contributed by atoms with Crippen molar-refractivity contribution in [3.8, 4) is 5.75 Å². The number of methoxy groups -OCH3 is 1. The highest BCUT2D eigenvalue weighted by molar-refractivity contribution is 7.90. The van der Waals surface area contributed by atoms with E-state index in [1.165, 1.54) is 12.3 Å². The second-order valence-corrected chi connectivity index (χ2v) is 15.5. The monoisotopic (exact) mass is 753 g/mol. The van der Waals surface area contributed by atoms with E-state index in [4.69, 9.17) is 14.7 Å². The van der Waals surface area contributed by atoms with Gasteiger partial charge in [-0.2, -0.15) is 9.48 Å². The van der Waals surface area contributed by atoms with Gasteiger partial charge in [-0.1, -0.05) is 12.1 Å². The summed E-state index contributed by atoms with van der Waals surface area (Å²) in [6, 6.07) is 15.9. The van der Waals surface area contributed by atoms with Crippen LogP contribution in [0.4, 0.5) is 37.5 Å². The number of amidine groups is 1. The van der Waals surface area contributed by atoms with Crippen molar-refractivity contribution in [2.45, 2.75) is 6.92 Å². The maximum atomic E-state index is 14.4. The Labute approximate surface area is 312 Å². The molecule has 0 radical (unpaired) electrons. The van der Waals surface area contributed by atoms with Gasteiger partial charge in [-0.05, 0) is 55.0 Å². The molecule has 1 saturated heterocycles. The van der Waals surface area contributed by atoms with E-state index in [0.29, 0.717) is 46.8 Å². The van der Waals surface area contributed by atoms with E-state index >= 15 is 0 Å². The SMILES string of the molecule is COc1cc(N2CCN(CCS(C)(=O)=O)CC2)c(C)cc1Nc1nccc(C2=CN=C3C=CC=C[N+]23c2cccc(C(=O)Nc3c(F)cccc3F)c2)n1. The van der Waals surface area contributed by atoms with E-state index in [-0.39, 0.29) is 15.8 Å². The molecule has 3 aliphatic heterocycles. The number of anilines is 4. The third kappa shape index (κ3) is 7.38. The van der Waals surface area contributed by atoms with E-state index in [2.05, 4.69) is 25.4 Å². The molecule has 1 fully saturated rings. The molecule has 4 aromatic rings. The topological polar surface area (TPSA) is 129 Å². The number of aryl methyl sites for hydroxylation is 1. The quantitative estimate of drug-likeness (QED) is 0.176. The van der Waals surface area contributed by atoms with Gasteiger partial charge in [0, 0.05) is 80.7 Å². The van der Waals surface area contributed by atoms with Crippen LogP contribution < -0.4 is 24.8 Å². The Kier molecular flexibility index (Phi) is 10.1. The molecule has 3 aromatic carbocycles. The molecule has 4 heterocycles. The second-order valence-electron chi connectivity index (χ2n) is 13.2. The van der Waals surface area contributed by atoms with Gasteiger partial charge >= 0.3 is 0 Å². The van der Waals surface area contributed by atoms with Crippen molar-refractivity contribution < 1.29 is 26.7 Å². The first-order valence-electron chi connectivity index (χ1n) is 17.3. The first-order chi connectivity index (χ1) is 25.9. The number of quaternary nitrogens is 1. The second kappa shape index (κ2) is 14.9. The molecule has 0 spiro atoms. The summed E-state index contributed by atoms with van der Waals surface area (Å²) in [5.41, 5.74) is 4.30. The Bertz CT molecular complexity index is 2340. The Morgan fingerprint density at radius 2 is 1.76 bits per heavy atom. The van der Waals surface area contributed by atoms with E-state index in [9.17, 15) is 22.0 Å². The number of nitrogens with one attached hydrogen (secondary N) is 2. The van der Waals surface area contributed by atoms with E-state index in [0.717, 1.165) is 49.6 Å². The number of para-hydroxylation sites is 1. The van der Waals surface area contributed by atoms with E-state index in [1.807, 2.05) is 49.6 Å². The van der Waals surface area contributed by atoms with E-state index in [1.54, 1.807) is 43.8 Å². The fourth-order valence-electron chi connectivity index (χ4n) is 6.82. The van der Waals surface area contributed by atoms with Crippen LogP contribution in [0.3, 0.4) is 0 Å². The predicted octanol–water partition coefficient (Wildman–Crippen LogP) is 6.04. The number of aromatic nitrogens is 2. The van der Waals surface area contributed by atoms with Gasteiger partial charge in [-0.15, -0.1) is 0 Å². The summed E-state index contributed by atoms with van der Waals surface area (Å²) >= 11 is 0. The van der Waals surface area contributed by atoms with Crippen molar-refractivity contribution >= 4 is 56.0 Å². The zero-order valence-electron chi connectivity index (χ0n) is 30.0. The van der Waals surface area contributed by atoms with Crippen LogP contribution in [-0.2, 0) is 9.84 Å². The molecular weight excluding hydrogens is 715 g/mol. The number of amides is 1. The lowest BCUT2D eigenvalue weighted by molar-refractivity contribution is 0.102. The number of fused-ring (bicyclic) bond motifs is 1. The van der Waals surface area contributed by atoms with Crippen molar-refractivity contribution in [3.05, 3.63) is 126 Å². The first-order valence-corrected chi connectivity index (χ1v) is 19.3. The fraction of sp³-hybridized carbons (Fsp3) is 0.231. The van der Waals surface area contributed by atoms with Crippen LogP contribution in [0.25, 0.3) is 5.70 Å². The lowest BCUT2D eigenvalue weighted by atomic mass is 10.1. The predicted molar refractivity (Wildman–Crippen MR) is 208 cm³/mol. The molecular formula is C39H39F2N8O4S+. The molecule has 12 nitrogen and oxygen atoms in total. The zero-order chi connectivity index (χ0) is 38.0. The number of halogens is 2. The number of allylic oxidation sites excluding steroid dienone is 2. The lowest BCUT2D eigenvalue weighted by Crippen LogP contribution is -2.47. The summed E-state index contributed by atoms with van der Waals surface area (Å²) in [6.45, 7) is 5.58. The molecule has 54 heavy (non-hydrogen) atoms. The number of benzene rings is 3. The van der Waals surface area contributed by atoms with Crippen molar-refractivity contribution in [2.75, 3.05) is 67.4 Å². The average Bonchev–Trinajstić information content (AvgIpc) is 3.57. The minimum atomic E-state index is -3.02. The molecule has 3 aliphatic rings. The normalized spacial score (nSPS) is 18.2. The third-order valence-corrected chi connectivity index (χ3v) is 10.5. The maximum absolute atomic E-state index is 14.4. The highest BCUT2D eigenvalue weighted by Gasteiger charge is 2.45. The summed E-state index contributed by atoms with van der Waals surface area (Å²) in [6.07, 6.45) is 12.2. The molecule has 7 rings (SSSR count). The molecule has 2 N–H and O–H groups in total. The van der Waals surface area contributed by atoms with Crippen LogP contribution in [0.5, 0.6) is 5.75 Å². The number of aliphatic imine (C=N–C) groups is 1. The number of piperazine rings is 1. The van der Waals surface area contributed by atoms with Gasteiger partial charge in [-0.3, -0.25) is 9.69 Å². The summed E-state index contributed by atoms with van der Waals surface area (Å²) in [7, 11) is -1.41. The minimum Gasteiger partial charge on any atom is -0.494 e. The Hall–Kier alpha value is -5.77. The zero-order valence-corrected chi connectivity index (χ0v) is 30.8. The number of hydrogen-bond acceptors (Lipinski definition) is 10. The summed E-state index contributed by atoms with van der Waals surface area (Å²) in [5, 5.41) is 5.70. The molecule has 0 saturated carbocycles. The fourth-order valence-corrected chi connectivity index (χ4v) is 7.41. The van der Waals surface area contributed by atoms with Gasteiger partial charge in [0.25, 0.3) is 5.91 Å². The smallest absolute Gasteiger partial charge is 0.256 e. The number of sulfone groups is 1. The highest BCUT2D eigenvalue weighted by atomic mass is 32.2. The Morgan fingerprint density at radius 3 is 2.50 bits per heavy atom. The van der Waals surface area contributed by atoms with Gasteiger partial charge in [0.05, 0.1) is 24.7 Å². The van der Waals surface area contributed by atoms with Crippen LogP contribution in [0.15, 0.2) is 102 Å². The Morgan fingerprint density at radius 1 is 1.00 bits per heavy atom. The number of nitrogens with zero attached hydrogens (tertiary/aromatic N) is 6. The number of ether oxygens (including phenoxy) is 1. The summed E-state index contributed by atoms with van der Waals surface area (Å²) in [5.74, 6) is -0.692. The highest BCUT2D eigenvalue weighted by Crippen LogP contribution is 2.42. The standard InChI is InChI=1S/C39H38F2N8O4S/c1-26-22-32(35(53-2)24-33(26)48-17-15-47(16-18-48)19-21-54(3,51)52)45-39-42-14-13-31(44-39)34-25-43-36-12-4-5-20-49(34,36)28-9-6-8-27(23-28)38(50)46-37-29(40)10-7-11-30(37)41/h4-14,20,22-25H,15-19,21H2,1-3H3,(H-,42,44,45,46,50)/p+1. The molecule has 0 aliphatic carbocycles. The van der Waals surface area contributed by atoms with Crippen LogP contribution in [0, 0.1) is 18.6 Å². The minimum absolute atomic E-state index is 0.000773. The Balaban J connectivity index is 1.13. The summed E-state index contributed by atoms with van der Waals surface area (Å²) < 4.78 is 57.8. The molecule has 0 bridgehead atoms. The van der Waals surface area contributed by atoms with Crippen molar-refractivity contribution in [3.63, 3.8) is 0 Å². The largest absolute Gasteiger partial charge is 0.494 e. The number of rotatable bonds is 11.